The topological polar surface area (TPSA) is 58.7 Å². The molecule has 0 spiro atoms. The second-order valence-corrected chi connectivity index (χ2v) is 6.61. The van der Waals surface area contributed by atoms with Crippen LogP contribution in [-0.4, -0.2) is 29.3 Å². The summed E-state index contributed by atoms with van der Waals surface area (Å²) >= 11 is 0. The van der Waals surface area contributed by atoms with Gasteiger partial charge in [0.25, 0.3) is 0 Å². The van der Waals surface area contributed by atoms with Gasteiger partial charge in [-0.2, -0.15) is 5.10 Å². The molecule has 2 aromatic carbocycles. The lowest BCUT2D eigenvalue weighted by Gasteiger charge is -2.37. The highest BCUT2D eigenvalue weighted by molar-refractivity contribution is 6.04. The van der Waals surface area contributed by atoms with Gasteiger partial charge in [0.15, 0.2) is 0 Å². The Morgan fingerprint density at radius 2 is 1.96 bits per heavy atom. The van der Waals surface area contributed by atoms with Crippen LogP contribution in [0.5, 0.6) is 0 Å². The quantitative estimate of drug-likeness (QED) is 0.870. The van der Waals surface area contributed by atoms with Crippen molar-refractivity contribution >= 4 is 11.6 Å². The lowest BCUT2D eigenvalue weighted by molar-refractivity contribution is -0.135. The van der Waals surface area contributed by atoms with Crippen LogP contribution in [-0.2, 0) is 10.3 Å². The number of halogens is 3. The number of carbonyl (C=O) groups excluding carboxylic acids is 1. The largest absolute Gasteiger partial charge is 0.328 e. The number of benzene rings is 2. The monoisotopic (exact) mass is 375 g/mol. The first kappa shape index (κ1) is 19.1. The van der Waals surface area contributed by atoms with E-state index >= 15 is 0 Å². The Bertz CT molecular complexity index is 872. The molecule has 4 nitrogen and oxygen atoms in total. The van der Waals surface area contributed by atoms with Crippen LogP contribution in [0.25, 0.3) is 0 Å². The Balaban J connectivity index is 2.13. The number of hydrogen-bond donors (Lipinski definition) is 1. The molecule has 0 aliphatic carbocycles. The fraction of sp³-hybridized carbons (Fsp3) is 0.300. The molecule has 3 rings (SSSR count). The van der Waals surface area contributed by atoms with E-state index in [1.165, 1.54) is 11.9 Å². The van der Waals surface area contributed by atoms with Gasteiger partial charge in [0, 0.05) is 31.9 Å². The van der Waals surface area contributed by atoms with Crippen LogP contribution in [0.2, 0.25) is 0 Å². The minimum Gasteiger partial charge on any atom is -0.328 e. The van der Waals surface area contributed by atoms with E-state index in [1.807, 2.05) is 0 Å². The maximum atomic E-state index is 14.4. The summed E-state index contributed by atoms with van der Waals surface area (Å²) < 4.78 is 42.3. The third-order valence-corrected chi connectivity index (χ3v) is 4.75. The van der Waals surface area contributed by atoms with Crippen LogP contribution in [0.15, 0.2) is 53.6 Å². The molecule has 2 aromatic rings. The molecule has 7 heteroatoms. The van der Waals surface area contributed by atoms with Gasteiger partial charge < -0.3 is 5.73 Å². The van der Waals surface area contributed by atoms with Crippen molar-refractivity contribution in [2.24, 2.45) is 10.8 Å². The Labute approximate surface area is 155 Å². The molecule has 1 unspecified atom stereocenters. The van der Waals surface area contributed by atoms with Gasteiger partial charge in [-0.3, -0.25) is 4.79 Å². The molecule has 1 aliphatic heterocycles. The molecule has 0 bridgehead atoms. The molecule has 0 radical (unpaired) electrons. The van der Waals surface area contributed by atoms with E-state index in [0.717, 1.165) is 18.2 Å². The van der Waals surface area contributed by atoms with E-state index in [-0.39, 0.29) is 30.7 Å². The first-order valence-electron chi connectivity index (χ1n) is 8.61. The minimum absolute atomic E-state index is 0.0396. The van der Waals surface area contributed by atoms with E-state index in [4.69, 9.17) is 5.73 Å². The highest BCUT2D eigenvalue weighted by Gasteiger charge is 2.48. The van der Waals surface area contributed by atoms with Gasteiger partial charge in [-0.25, -0.2) is 18.2 Å². The lowest BCUT2D eigenvalue weighted by Crippen LogP contribution is -2.45. The van der Waals surface area contributed by atoms with E-state index in [0.29, 0.717) is 5.56 Å². The third kappa shape index (κ3) is 3.60. The maximum absolute atomic E-state index is 14.4. The first-order valence-corrected chi connectivity index (χ1v) is 8.61. The number of nitrogens with two attached hydrogens (primary N) is 1. The van der Waals surface area contributed by atoms with Crippen molar-refractivity contribution in [1.82, 2.24) is 5.01 Å². The highest BCUT2D eigenvalue weighted by atomic mass is 19.1. The van der Waals surface area contributed by atoms with Gasteiger partial charge in [0.1, 0.15) is 17.8 Å². The number of nitrogens with zero attached hydrogens (tertiary/aromatic N) is 2. The summed E-state index contributed by atoms with van der Waals surface area (Å²) in [5.74, 6) is -1.70. The minimum atomic E-state index is -1.39. The van der Waals surface area contributed by atoms with Crippen LogP contribution in [0, 0.1) is 11.6 Å². The van der Waals surface area contributed by atoms with Gasteiger partial charge in [-0.05, 0) is 23.8 Å². The molecular formula is C20H20F3N3O. The fourth-order valence-corrected chi connectivity index (χ4v) is 3.54. The van der Waals surface area contributed by atoms with Gasteiger partial charge in [0.2, 0.25) is 5.91 Å². The van der Waals surface area contributed by atoms with E-state index < -0.39 is 29.3 Å². The summed E-state index contributed by atoms with van der Waals surface area (Å²) in [4.78, 5) is 12.3. The number of rotatable bonds is 5. The summed E-state index contributed by atoms with van der Waals surface area (Å²) in [5.41, 5.74) is 5.13. The number of hydrazone groups is 1. The van der Waals surface area contributed by atoms with Crippen LogP contribution in [0.3, 0.4) is 0 Å². The Kier molecular flexibility index (Phi) is 5.32. The molecule has 0 aromatic heterocycles. The summed E-state index contributed by atoms with van der Waals surface area (Å²) in [7, 11) is 0. The normalized spacial score (nSPS) is 20.5. The molecular weight excluding hydrogens is 355 g/mol. The number of alkyl halides is 1. The van der Waals surface area contributed by atoms with Gasteiger partial charge in [0.05, 0.1) is 11.3 Å². The molecule has 0 fully saturated rings. The van der Waals surface area contributed by atoms with E-state index in [1.54, 1.807) is 30.3 Å². The molecule has 0 saturated carbocycles. The molecule has 2 atom stereocenters. The van der Waals surface area contributed by atoms with Gasteiger partial charge in [-0.15, -0.1) is 0 Å². The maximum Gasteiger partial charge on any atom is 0.240 e. The van der Waals surface area contributed by atoms with Crippen molar-refractivity contribution in [3.63, 3.8) is 0 Å². The van der Waals surface area contributed by atoms with Crippen LogP contribution >= 0.6 is 0 Å². The first-order chi connectivity index (χ1) is 12.9. The van der Waals surface area contributed by atoms with Crippen molar-refractivity contribution in [3.8, 4) is 0 Å². The summed E-state index contributed by atoms with van der Waals surface area (Å²) in [6.07, 6.45) is -1.44. The number of carbonyl (C=O) groups is 1. The van der Waals surface area contributed by atoms with E-state index in [2.05, 4.69) is 5.10 Å². The SMILES string of the molecule is CC(=O)N1N=C(c2cc(F)ccc2F)C[C@@]1(CC(F)CN)c1ccccc1. The second kappa shape index (κ2) is 7.52. The molecule has 1 amide bonds. The molecule has 2 N–H and O–H groups in total. The zero-order valence-corrected chi connectivity index (χ0v) is 14.8. The third-order valence-electron chi connectivity index (χ3n) is 4.75. The van der Waals surface area contributed by atoms with Crippen molar-refractivity contribution in [2.75, 3.05) is 6.54 Å². The van der Waals surface area contributed by atoms with Crippen molar-refractivity contribution in [1.29, 1.82) is 0 Å². The Hall–Kier alpha value is -2.67. The second-order valence-electron chi connectivity index (χ2n) is 6.61. The zero-order chi connectivity index (χ0) is 19.6. The van der Waals surface area contributed by atoms with Gasteiger partial charge >= 0.3 is 0 Å². The van der Waals surface area contributed by atoms with Crippen LogP contribution in [0.1, 0.15) is 30.9 Å². The van der Waals surface area contributed by atoms with Crippen molar-refractivity contribution in [2.45, 2.75) is 31.5 Å². The van der Waals surface area contributed by atoms with Crippen LogP contribution in [0.4, 0.5) is 13.2 Å². The molecule has 1 aliphatic rings. The zero-order valence-electron chi connectivity index (χ0n) is 14.8. The molecule has 142 valence electrons. The smallest absolute Gasteiger partial charge is 0.240 e. The Morgan fingerprint density at radius 1 is 1.26 bits per heavy atom. The number of hydrogen-bond acceptors (Lipinski definition) is 3. The summed E-state index contributed by atoms with van der Waals surface area (Å²) in [6.45, 7) is 1.09. The van der Waals surface area contributed by atoms with Crippen molar-refractivity contribution < 1.29 is 18.0 Å². The molecule has 1 heterocycles. The fourth-order valence-electron chi connectivity index (χ4n) is 3.54. The van der Waals surface area contributed by atoms with Crippen molar-refractivity contribution in [3.05, 3.63) is 71.3 Å². The predicted molar refractivity (Wildman–Crippen MR) is 96.7 cm³/mol. The highest BCUT2D eigenvalue weighted by Crippen LogP contribution is 2.43. The standard InChI is InChI=1S/C20H20F3N3O/c1-13(27)26-20(10-16(22)12-24,14-5-3-2-4-6-14)11-19(25-26)17-9-15(21)7-8-18(17)23/h2-9,16H,10-12,24H2,1H3/t16?,20-/m0/s1. The predicted octanol–water partition coefficient (Wildman–Crippen LogP) is 3.50. The van der Waals surface area contributed by atoms with E-state index in [9.17, 15) is 18.0 Å². The average molecular weight is 375 g/mol. The molecule has 0 saturated heterocycles. The molecule has 27 heavy (non-hydrogen) atoms. The van der Waals surface area contributed by atoms with Gasteiger partial charge in [-0.1, -0.05) is 30.3 Å². The average Bonchev–Trinajstić information content (AvgIpc) is 3.05. The summed E-state index contributed by atoms with van der Waals surface area (Å²) in [6, 6.07) is 11.9. The Morgan fingerprint density at radius 3 is 2.59 bits per heavy atom. The number of amides is 1. The summed E-state index contributed by atoms with van der Waals surface area (Å²) in [5, 5.41) is 5.43. The van der Waals surface area contributed by atoms with Crippen LogP contribution < -0.4 is 5.73 Å². The lowest BCUT2D eigenvalue weighted by atomic mass is 9.79.